The van der Waals surface area contributed by atoms with E-state index in [1.807, 2.05) is 6.92 Å². The first kappa shape index (κ1) is 15.8. The molecule has 0 amide bonds. The number of phenols is 1. The zero-order valence-corrected chi connectivity index (χ0v) is 12.8. The first-order valence-corrected chi connectivity index (χ1v) is 8.27. The van der Waals surface area contributed by atoms with Gasteiger partial charge in [0.25, 0.3) is 0 Å². The Hall–Kier alpha value is -1.60. The van der Waals surface area contributed by atoms with Gasteiger partial charge in [0.2, 0.25) is 10.0 Å². The average Bonchev–Trinajstić information content (AvgIpc) is 3.19. The third-order valence-electron chi connectivity index (χ3n) is 3.84. The summed E-state index contributed by atoms with van der Waals surface area (Å²) in [6.07, 6.45) is 2.26. The Morgan fingerprint density at radius 3 is 2.57 bits per heavy atom. The monoisotopic (exact) mass is 313 g/mol. The summed E-state index contributed by atoms with van der Waals surface area (Å²) in [6, 6.07) is 2.15. The lowest BCUT2D eigenvalue weighted by molar-refractivity contribution is 0.0693. The number of benzene rings is 1. The van der Waals surface area contributed by atoms with Crippen LogP contribution in [0.15, 0.2) is 17.0 Å². The number of nitrogens with one attached hydrogen (secondary N) is 1. The molecule has 7 heteroatoms. The fraction of sp³-hybridized carbons (Fsp3) is 0.500. The summed E-state index contributed by atoms with van der Waals surface area (Å²) in [6.45, 7) is 3.84. The lowest BCUT2D eigenvalue weighted by Gasteiger charge is -2.14. The summed E-state index contributed by atoms with van der Waals surface area (Å²) in [5, 5.41) is 18.5. The fourth-order valence-electron chi connectivity index (χ4n) is 2.28. The van der Waals surface area contributed by atoms with Crippen LogP contribution in [-0.2, 0) is 10.0 Å². The van der Waals surface area contributed by atoms with E-state index in [-0.39, 0.29) is 10.8 Å². The van der Waals surface area contributed by atoms with Crippen molar-refractivity contribution in [3.8, 4) is 5.75 Å². The van der Waals surface area contributed by atoms with E-state index in [1.165, 1.54) is 6.92 Å². The van der Waals surface area contributed by atoms with Crippen LogP contribution in [0.4, 0.5) is 0 Å². The van der Waals surface area contributed by atoms with Crippen molar-refractivity contribution in [3.63, 3.8) is 0 Å². The second kappa shape index (κ2) is 5.65. The maximum atomic E-state index is 12.3. The van der Waals surface area contributed by atoms with Crippen LogP contribution in [0.3, 0.4) is 0 Å². The predicted octanol–water partition coefficient (Wildman–Crippen LogP) is 1.72. The van der Waals surface area contributed by atoms with Crippen molar-refractivity contribution in [2.75, 3.05) is 6.54 Å². The number of aryl methyl sites for hydroxylation is 1. The van der Waals surface area contributed by atoms with Crippen molar-refractivity contribution < 1.29 is 23.4 Å². The van der Waals surface area contributed by atoms with Crippen LogP contribution in [0.1, 0.15) is 35.7 Å². The maximum Gasteiger partial charge on any atom is 0.339 e. The van der Waals surface area contributed by atoms with Crippen LogP contribution in [0.2, 0.25) is 0 Å². The maximum absolute atomic E-state index is 12.3. The molecule has 0 radical (unpaired) electrons. The van der Waals surface area contributed by atoms with Gasteiger partial charge >= 0.3 is 5.97 Å². The zero-order chi connectivity index (χ0) is 15.8. The van der Waals surface area contributed by atoms with Gasteiger partial charge in [0.15, 0.2) is 0 Å². The molecule has 3 N–H and O–H groups in total. The molecule has 1 aliphatic carbocycles. The largest absolute Gasteiger partial charge is 0.507 e. The minimum atomic E-state index is -3.79. The van der Waals surface area contributed by atoms with Gasteiger partial charge in [-0.3, -0.25) is 0 Å². The molecule has 2 rings (SSSR count). The van der Waals surface area contributed by atoms with Crippen molar-refractivity contribution in [3.05, 3.63) is 23.3 Å². The Balaban J connectivity index is 2.26. The van der Waals surface area contributed by atoms with Crippen LogP contribution in [0.25, 0.3) is 0 Å². The smallest absolute Gasteiger partial charge is 0.339 e. The van der Waals surface area contributed by atoms with E-state index >= 15 is 0 Å². The highest BCUT2D eigenvalue weighted by atomic mass is 32.2. The van der Waals surface area contributed by atoms with Crippen LogP contribution >= 0.6 is 0 Å². The van der Waals surface area contributed by atoms with Gasteiger partial charge in [0.1, 0.15) is 11.3 Å². The molecule has 0 aromatic heterocycles. The van der Waals surface area contributed by atoms with Gasteiger partial charge < -0.3 is 10.2 Å². The third-order valence-corrected chi connectivity index (χ3v) is 5.40. The second-order valence-corrected chi connectivity index (χ2v) is 7.34. The molecule has 1 aromatic carbocycles. The molecule has 1 aliphatic rings. The topological polar surface area (TPSA) is 104 Å². The van der Waals surface area contributed by atoms with Gasteiger partial charge in [-0.25, -0.2) is 17.9 Å². The molecule has 0 aliphatic heterocycles. The number of hydrogen-bond donors (Lipinski definition) is 3. The average molecular weight is 313 g/mol. The molecule has 1 fully saturated rings. The Kier molecular flexibility index (Phi) is 4.25. The van der Waals surface area contributed by atoms with Crippen molar-refractivity contribution in [2.24, 2.45) is 11.8 Å². The van der Waals surface area contributed by atoms with Gasteiger partial charge in [0, 0.05) is 6.54 Å². The van der Waals surface area contributed by atoms with E-state index in [2.05, 4.69) is 4.72 Å². The highest BCUT2D eigenvalue weighted by molar-refractivity contribution is 7.89. The van der Waals surface area contributed by atoms with Crippen LogP contribution in [-0.4, -0.2) is 31.1 Å². The summed E-state index contributed by atoms with van der Waals surface area (Å²) in [4.78, 5) is 10.9. The Bertz CT molecular complexity index is 664. The van der Waals surface area contributed by atoms with Crippen LogP contribution < -0.4 is 4.72 Å². The first-order valence-electron chi connectivity index (χ1n) is 6.79. The van der Waals surface area contributed by atoms with Crippen LogP contribution in [0.5, 0.6) is 5.75 Å². The zero-order valence-electron chi connectivity index (χ0n) is 12.0. The lowest BCUT2D eigenvalue weighted by Crippen LogP contribution is -2.29. The SMILES string of the molecule is Cc1cc(O)c(C(=O)O)cc1S(=O)(=O)NCC(C)C1CC1. The minimum Gasteiger partial charge on any atom is -0.507 e. The van der Waals surface area contributed by atoms with E-state index < -0.39 is 27.3 Å². The molecule has 0 bridgehead atoms. The number of sulfonamides is 1. The highest BCUT2D eigenvalue weighted by Gasteiger charge is 2.29. The minimum absolute atomic E-state index is 0.110. The number of hydrogen-bond acceptors (Lipinski definition) is 4. The molecule has 0 saturated heterocycles. The lowest BCUT2D eigenvalue weighted by atomic mass is 10.1. The number of aromatic hydroxyl groups is 1. The van der Waals surface area contributed by atoms with Gasteiger partial charge in [-0.1, -0.05) is 6.92 Å². The molecule has 0 spiro atoms. The van der Waals surface area contributed by atoms with Gasteiger partial charge in [-0.15, -0.1) is 0 Å². The molecular formula is C14H19NO5S. The van der Waals surface area contributed by atoms with Gasteiger partial charge in [0.05, 0.1) is 4.90 Å². The van der Waals surface area contributed by atoms with Crippen molar-refractivity contribution in [2.45, 2.75) is 31.6 Å². The van der Waals surface area contributed by atoms with E-state index in [4.69, 9.17) is 5.11 Å². The van der Waals surface area contributed by atoms with Gasteiger partial charge in [-0.2, -0.15) is 0 Å². The molecule has 116 valence electrons. The highest BCUT2D eigenvalue weighted by Crippen LogP contribution is 2.36. The standard InChI is InChI=1S/C14H19NO5S/c1-8-5-12(16)11(14(17)18)6-13(8)21(19,20)15-7-9(2)10-3-4-10/h5-6,9-10,15-16H,3-4,7H2,1-2H3,(H,17,18). The normalized spacial score (nSPS) is 16.7. The summed E-state index contributed by atoms with van der Waals surface area (Å²) in [7, 11) is -3.79. The second-order valence-electron chi connectivity index (χ2n) is 5.61. The Labute approximate surface area is 123 Å². The van der Waals surface area contributed by atoms with Crippen molar-refractivity contribution >= 4 is 16.0 Å². The molecular weight excluding hydrogens is 294 g/mol. The quantitative estimate of drug-likeness (QED) is 0.742. The van der Waals surface area contributed by atoms with Crippen LogP contribution in [0, 0.1) is 18.8 Å². The summed E-state index contributed by atoms with van der Waals surface area (Å²) >= 11 is 0. The molecule has 0 heterocycles. The number of rotatable bonds is 6. The number of carboxylic acid groups (broad SMARTS) is 1. The predicted molar refractivity (Wildman–Crippen MR) is 76.9 cm³/mol. The van der Waals surface area contributed by atoms with E-state index in [0.717, 1.165) is 25.0 Å². The molecule has 1 aromatic rings. The van der Waals surface area contributed by atoms with Gasteiger partial charge in [-0.05, 0) is 49.3 Å². The third kappa shape index (κ3) is 3.54. The molecule has 1 unspecified atom stereocenters. The summed E-state index contributed by atoms with van der Waals surface area (Å²) in [5.74, 6) is -0.972. The van der Waals surface area contributed by atoms with E-state index in [0.29, 0.717) is 18.0 Å². The van der Waals surface area contributed by atoms with E-state index in [1.54, 1.807) is 0 Å². The molecule has 6 nitrogen and oxygen atoms in total. The van der Waals surface area contributed by atoms with Crippen molar-refractivity contribution in [1.29, 1.82) is 0 Å². The Morgan fingerprint density at radius 1 is 1.43 bits per heavy atom. The first-order chi connectivity index (χ1) is 9.72. The van der Waals surface area contributed by atoms with Crippen molar-refractivity contribution in [1.82, 2.24) is 4.72 Å². The molecule has 1 saturated carbocycles. The van der Waals surface area contributed by atoms with E-state index in [9.17, 15) is 18.3 Å². The summed E-state index contributed by atoms with van der Waals surface area (Å²) in [5.41, 5.74) is -0.111. The number of carboxylic acids is 1. The number of carbonyl (C=O) groups is 1. The fourth-order valence-corrected chi connectivity index (χ4v) is 3.68. The Morgan fingerprint density at radius 2 is 2.05 bits per heavy atom. The summed E-state index contributed by atoms with van der Waals surface area (Å²) < 4.78 is 27.1. The molecule has 21 heavy (non-hydrogen) atoms. The molecule has 1 atom stereocenters. The number of aromatic carboxylic acids is 1.